The highest BCUT2D eigenvalue weighted by atomic mass is 35.5. The van der Waals surface area contributed by atoms with E-state index in [9.17, 15) is 8.42 Å². The molecule has 0 aliphatic carbocycles. The van der Waals surface area contributed by atoms with Gasteiger partial charge in [-0.15, -0.1) is 0 Å². The Kier molecular flexibility index (Phi) is 8.13. The van der Waals surface area contributed by atoms with E-state index < -0.39 is 15.8 Å². The largest absolute Gasteiger partial charge is 0.462 e. The standard InChI is InChI=1S/C28H33ClFN7O3S2/c1-36-11-5-7-17(36)15-40-28-33-25-19(26(34-28)37-12-4-6-16(10-13-37)35-42(2,38)39)14-20(29)22(23(25)30)18-8-3-9-21-24(18)32-27(31)41-21/h3,8-9,14,16-17,35H,4-7,10-13,15H2,1-2H3,(H2,31,32)/t16?,17-/m0/s1. The summed E-state index contributed by atoms with van der Waals surface area (Å²) in [6.07, 6.45) is 5.25. The highest BCUT2D eigenvalue weighted by Crippen LogP contribution is 2.42. The fourth-order valence-electron chi connectivity index (χ4n) is 5.97. The zero-order valence-electron chi connectivity index (χ0n) is 23.4. The second-order valence-corrected chi connectivity index (χ2v) is 14.3. The third-order valence-corrected chi connectivity index (χ3v) is 9.94. The summed E-state index contributed by atoms with van der Waals surface area (Å²) >= 11 is 8.14. The van der Waals surface area contributed by atoms with Crippen LogP contribution in [-0.2, 0) is 10.0 Å². The van der Waals surface area contributed by atoms with Crippen LogP contribution in [0.2, 0.25) is 5.02 Å². The highest BCUT2D eigenvalue weighted by Gasteiger charge is 2.27. The Labute approximate surface area is 253 Å². The van der Waals surface area contributed by atoms with Crippen LogP contribution in [0.25, 0.3) is 32.2 Å². The van der Waals surface area contributed by atoms with Gasteiger partial charge in [0.05, 0.1) is 21.5 Å². The maximum atomic E-state index is 16.6. The highest BCUT2D eigenvalue weighted by molar-refractivity contribution is 7.88. The van der Waals surface area contributed by atoms with Crippen molar-refractivity contribution in [3.8, 4) is 17.1 Å². The molecule has 1 unspecified atom stereocenters. The molecule has 2 saturated heterocycles. The number of fused-ring (bicyclic) bond motifs is 2. The molecule has 0 amide bonds. The third kappa shape index (κ3) is 5.98. The number of rotatable bonds is 7. The first-order valence-electron chi connectivity index (χ1n) is 14.0. The number of hydrogen-bond donors (Lipinski definition) is 2. The minimum Gasteiger partial charge on any atom is -0.462 e. The van der Waals surface area contributed by atoms with Crippen LogP contribution in [0.3, 0.4) is 0 Å². The van der Waals surface area contributed by atoms with Crippen molar-refractivity contribution < 1.29 is 17.5 Å². The number of thiazole rings is 1. The number of hydrogen-bond acceptors (Lipinski definition) is 10. The number of halogens is 2. The average Bonchev–Trinajstić information content (AvgIpc) is 3.44. The Morgan fingerprint density at radius 1 is 1.14 bits per heavy atom. The summed E-state index contributed by atoms with van der Waals surface area (Å²) in [6.45, 7) is 2.51. The molecule has 0 radical (unpaired) electrons. The lowest BCUT2D eigenvalue weighted by molar-refractivity contribution is 0.188. The number of para-hydroxylation sites is 1. The molecule has 3 N–H and O–H groups in total. The van der Waals surface area contributed by atoms with E-state index in [1.807, 2.05) is 17.0 Å². The molecule has 2 aliphatic rings. The van der Waals surface area contributed by atoms with Gasteiger partial charge < -0.3 is 20.3 Å². The number of likely N-dealkylation sites (N-methyl/N-ethyl adjacent to an activating group) is 1. The van der Waals surface area contributed by atoms with Crippen LogP contribution in [0.15, 0.2) is 24.3 Å². The maximum Gasteiger partial charge on any atom is 0.319 e. The van der Waals surface area contributed by atoms with Crippen LogP contribution in [0.1, 0.15) is 32.1 Å². The van der Waals surface area contributed by atoms with E-state index in [4.69, 9.17) is 27.1 Å². The summed E-state index contributed by atoms with van der Waals surface area (Å²) in [4.78, 5) is 18.1. The number of aromatic nitrogens is 3. The molecule has 14 heteroatoms. The summed E-state index contributed by atoms with van der Waals surface area (Å²) in [5.41, 5.74) is 7.38. The first kappa shape index (κ1) is 29.2. The zero-order valence-corrected chi connectivity index (χ0v) is 25.8. The number of nitrogens with one attached hydrogen (secondary N) is 1. The fourth-order valence-corrected chi connectivity index (χ4v) is 7.87. The van der Waals surface area contributed by atoms with Gasteiger partial charge in [-0.2, -0.15) is 9.97 Å². The van der Waals surface area contributed by atoms with Crippen molar-refractivity contribution in [2.45, 2.75) is 44.2 Å². The molecule has 4 heterocycles. The van der Waals surface area contributed by atoms with Gasteiger partial charge in [0.25, 0.3) is 0 Å². The van der Waals surface area contributed by atoms with Crippen molar-refractivity contribution in [2.24, 2.45) is 0 Å². The summed E-state index contributed by atoms with van der Waals surface area (Å²) in [5, 5.41) is 1.06. The topological polar surface area (TPSA) is 127 Å². The van der Waals surface area contributed by atoms with Crippen LogP contribution < -0.4 is 20.1 Å². The number of anilines is 2. The summed E-state index contributed by atoms with van der Waals surface area (Å²) in [5.74, 6) is -0.0762. The Morgan fingerprint density at radius 3 is 2.71 bits per heavy atom. The van der Waals surface area contributed by atoms with E-state index in [1.165, 1.54) is 17.6 Å². The second kappa shape index (κ2) is 11.7. The van der Waals surface area contributed by atoms with Crippen molar-refractivity contribution in [3.63, 3.8) is 0 Å². The van der Waals surface area contributed by atoms with Crippen molar-refractivity contribution >= 4 is 65.0 Å². The normalized spacial score (nSPS) is 20.4. The quantitative estimate of drug-likeness (QED) is 0.299. The fraction of sp³-hybridized carbons (Fsp3) is 0.464. The van der Waals surface area contributed by atoms with Crippen molar-refractivity contribution in [2.75, 3.05) is 50.2 Å². The van der Waals surface area contributed by atoms with Crippen LogP contribution in [0.4, 0.5) is 15.3 Å². The molecule has 0 spiro atoms. The first-order chi connectivity index (χ1) is 20.1. The Hall–Kier alpha value is -2.84. The molecule has 2 aromatic heterocycles. The van der Waals surface area contributed by atoms with E-state index >= 15 is 4.39 Å². The number of nitrogen functional groups attached to an aromatic ring is 1. The van der Waals surface area contributed by atoms with Crippen molar-refractivity contribution in [3.05, 3.63) is 35.1 Å². The molecule has 2 aromatic carbocycles. The van der Waals surface area contributed by atoms with Gasteiger partial charge in [-0.1, -0.05) is 35.1 Å². The second-order valence-electron chi connectivity index (χ2n) is 11.1. The van der Waals surface area contributed by atoms with Gasteiger partial charge >= 0.3 is 6.01 Å². The van der Waals surface area contributed by atoms with Gasteiger partial charge in [0, 0.05) is 41.7 Å². The SMILES string of the molecule is CN1CCC[C@H]1COc1nc(N2CCCC(NS(C)(=O)=O)CC2)c2cc(Cl)c(-c3cccc4sc(N)nc34)c(F)c2n1. The first-order valence-corrected chi connectivity index (χ1v) is 17.1. The lowest BCUT2D eigenvalue weighted by atomic mass is 10.0. The maximum absolute atomic E-state index is 16.6. The van der Waals surface area contributed by atoms with Gasteiger partial charge in [0.1, 0.15) is 17.9 Å². The van der Waals surface area contributed by atoms with Gasteiger partial charge in [-0.3, -0.25) is 0 Å². The van der Waals surface area contributed by atoms with Crippen LogP contribution >= 0.6 is 22.9 Å². The monoisotopic (exact) mass is 633 g/mol. The molecule has 224 valence electrons. The molecule has 2 aliphatic heterocycles. The number of nitrogens with zero attached hydrogens (tertiary/aromatic N) is 5. The van der Waals surface area contributed by atoms with Crippen molar-refractivity contribution in [1.29, 1.82) is 0 Å². The minimum atomic E-state index is -3.34. The smallest absolute Gasteiger partial charge is 0.319 e. The van der Waals surface area contributed by atoms with Gasteiger partial charge in [-0.25, -0.2) is 22.5 Å². The molecular weight excluding hydrogens is 601 g/mol. The van der Waals surface area contributed by atoms with Crippen LogP contribution in [-0.4, -0.2) is 79.9 Å². The minimum absolute atomic E-state index is 0.0936. The van der Waals surface area contributed by atoms with E-state index in [-0.39, 0.29) is 34.2 Å². The Balaban J connectivity index is 1.44. The number of sulfonamides is 1. The van der Waals surface area contributed by atoms with E-state index in [0.717, 1.165) is 30.5 Å². The lowest BCUT2D eigenvalue weighted by Crippen LogP contribution is -2.35. The molecular formula is C28H33ClFN7O3S2. The molecule has 4 aromatic rings. The van der Waals surface area contributed by atoms with Crippen molar-refractivity contribution in [1.82, 2.24) is 24.6 Å². The number of nitrogens with two attached hydrogens (primary N) is 1. The zero-order chi connectivity index (χ0) is 29.6. The van der Waals surface area contributed by atoms with E-state index in [0.29, 0.717) is 60.0 Å². The molecule has 0 saturated carbocycles. The van der Waals surface area contributed by atoms with Gasteiger partial charge in [0.2, 0.25) is 10.0 Å². The third-order valence-electron chi connectivity index (χ3n) is 8.03. The Morgan fingerprint density at radius 2 is 1.95 bits per heavy atom. The molecule has 42 heavy (non-hydrogen) atoms. The summed E-state index contributed by atoms with van der Waals surface area (Å²) in [7, 11) is -1.28. The summed E-state index contributed by atoms with van der Waals surface area (Å²) < 4.78 is 50.0. The number of ether oxygens (including phenoxy) is 1. The molecule has 0 bridgehead atoms. The Bertz CT molecular complexity index is 1750. The predicted molar refractivity (Wildman–Crippen MR) is 167 cm³/mol. The van der Waals surface area contributed by atoms with Gasteiger partial charge in [0.15, 0.2) is 10.9 Å². The number of likely N-dealkylation sites (tertiary alicyclic amines) is 1. The van der Waals surface area contributed by atoms with Crippen LogP contribution in [0, 0.1) is 5.82 Å². The van der Waals surface area contributed by atoms with Gasteiger partial charge in [-0.05, 0) is 57.8 Å². The van der Waals surface area contributed by atoms with Crippen LogP contribution in [0.5, 0.6) is 6.01 Å². The predicted octanol–water partition coefficient (Wildman–Crippen LogP) is 4.66. The van der Waals surface area contributed by atoms with E-state index in [1.54, 1.807) is 12.1 Å². The molecule has 2 atom stereocenters. The summed E-state index contributed by atoms with van der Waals surface area (Å²) in [6, 6.07) is 7.32. The lowest BCUT2D eigenvalue weighted by Gasteiger charge is -2.25. The average molecular weight is 634 g/mol. The van der Waals surface area contributed by atoms with E-state index in [2.05, 4.69) is 26.6 Å². The molecule has 2 fully saturated rings. The molecule has 10 nitrogen and oxygen atoms in total. The number of benzene rings is 2. The molecule has 6 rings (SSSR count).